The lowest BCUT2D eigenvalue weighted by Crippen LogP contribution is -2.34. The average Bonchev–Trinajstić information content (AvgIpc) is 2.71. The molecule has 0 spiro atoms. The van der Waals surface area contributed by atoms with Gasteiger partial charge in [0, 0.05) is 19.7 Å². The van der Waals surface area contributed by atoms with E-state index in [1.807, 2.05) is 6.92 Å². The number of hydrogen-bond donors (Lipinski definition) is 1. The molecule has 1 aromatic heterocycles. The van der Waals surface area contributed by atoms with E-state index < -0.39 is 0 Å². The summed E-state index contributed by atoms with van der Waals surface area (Å²) >= 11 is 0. The maximum absolute atomic E-state index is 9.11. The minimum Gasteiger partial charge on any atom is -0.429 e. The fourth-order valence-electron chi connectivity index (χ4n) is 2.37. The molecule has 17 heavy (non-hydrogen) atoms. The Morgan fingerprint density at radius 2 is 2.06 bits per heavy atom. The van der Waals surface area contributed by atoms with Crippen molar-refractivity contribution >= 4 is 6.01 Å². The normalized spacial score (nSPS) is 18.1. The summed E-state index contributed by atoms with van der Waals surface area (Å²) in [5.41, 5.74) is 1.06. The van der Waals surface area contributed by atoms with E-state index in [1.165, 1.54) is 0 Å². The zero-order valence-corrected chi connectivity index (χ0v) is 10.9. The van der Waals surface area contributed by atoms with Gasteiger partial charge in [0.25, 0.3) is 6.01 Å². The number of anilines is 1. The Hall–Kier alpha value is -1.03. The summed E-state index contributed by atoms with van der Waals surface area (Å²) in [6.45, 7) is 8.41. The summed E-state index contributed by atoms with van der Waals surface area (Å²) in [6, 6.07) is 0.752. The highest BCUT2D eigenvalue weighted by atomic mass is 16.4. The molecule has 0 radical (unpaired) electrons. The topological polar surface area (TPSA) is 49.5 Å². The second-order valence-electron chi connectivity index (χ2n) is 5.21. The Kier molecular flexibility index (Phi) is 3.72. The second-order valence-corrected chi connectivity index (χ2v) is 5.21. The Morgan fingerprint density at radius 1 is 1.41 bits per heavy atom. The molecule has 0 aromatic carbocycles. The maximum Gasteiger partial charge on any atom is 0.297 e. The maximum atomic E-state index is 9.11. The van der Waals surface area contributed by atoms with E-state index >= 15 is 0 Å². The summed E-state index contributed by atoms with van der Waals surface area (Å²) in [7, 11) is 0. The molecule has 2 heterocycles. The first kappa shape index (κ1) is 12.4. The van der Waals surface area contributed by atoms with Gasteiger partial charge >= 0.3 is 0 Å². The van der Waals surface area contributed by atoms with Gasteiger partial charge in [0.2, 0.25) is 0 Å². The third-order valence-corrected chi connectivity index (χ3v) is 3.51. The van der Waals surface area contributed by atoms with Crippen LogP contribution in [0, 0.1) is 12.8 Å². The number of nitrogens with zero attached hydrogens (tertiary/aromatic N) is 2. The van der Waals surface area contributed by atoms with Gasteiger partial charge in [-0.2, -0.15) is 4.98 Å². The van der Waals surface area contributed by atoms with Crippen molar-refractivity contribution in [1.29, 1.82) is 0 Å². The number of oxazole rings is 1. The number of aliphatic hydroxyl groups is 1. The highest BCUT2D eigenvalue weighted by Gasteiger charge is 2.23. The van der Waals surface area contributed by atoms with Gasteiger partial charge in [-0.1, -0.05) is 13.8 Å². The molecule has 1 aliphatic heterocycles. The van der Waals surface area contributed by atoms with Crippen molar-refractivity contribution in [3.63, 3.8) is 0 Å². The number of piperidine rings is 1. The van der Waals surface area contributed by atoms with Gasteiger partial charge in [0.05, 0.1) is 5.69 Å². The smallest absolute Gasteiger partial charge is 0.297 e. The molecule has 1 aromatic rings. The van der Waals surface area contributed by atoms with Crippen molar-refractivity contribution in [2.75, 3.05) is 24.6 Å². The molecule has 0 unspecified atom stereocenters. The summed E-state index contributed by atoms with van der Waals surface area (Å²) < 4.78 is 5.74. The Labute approximate surface area is 103 Å². The van der Waals surface area contributed by atoms with Gasteiger partial charge < -0.3 is 14.4 Å². The third kappa shape index (κ3) is 2.63. The minimum absolute atomic E-state index is 0.301. The van der Waals surface area contributed by atoms with Crippen LogP contribution in [0.15, 0.2) is 4.42 Å². The van der Waals surface area contributed by atoms with Crippen molar-refractivity contribution in [1.82, 2.24) is 4.98 Å². The molecule has 0 aliphatic carbocycles. The van der Waals surface area contributed by atoms with Gasteiger partial charge in [-0.3, -0.25) is 0 Å². The fourth-order valence-corrected chi connectivity index (χ4v) is 2.37. The molecule has 0 bridgehead atoms. The standard InChI is InChI=1S/C13H22N2O2/c1-9(2)12-10(3)17-13(14-12)15-6-4-11(8-16)5-7-15/h9,11,16H,4-8H2,1-3H3. The summed E-state index contributed by atoms with van der Waals surface area (Å²) in [5, 5.41) is 9.11. The summed E-state index contributed by atoms with van der Waals surface area (Å²) in [6.07, 6.45) is 2.05. The lowest BCUT2D eigenvalue weighted by molar-refractivity contribution is 0.201. The zero-order valence-electron chi connectivity index (χ0n) is 10.9. The van der Waals surface area contributed by atoms with Crippen molar-refractivity contribution in [2.45, 2.75) is 39.5 Å². The monoisotopic (exact) mass is 238 g/mol. The first-order valence-electron chi connectivity index (χ1n) is 6.45. The van der Waals surface area contributed by atoms with Crippen LogP contribution in [0.3, 0.4) is 0 Å². The first-order chi connectivity index (χ1) is 8.11. The Morgan fingerprint density at radius 3 is 2.53 bits per heavy atom. The van der Waals surface area contributed by atoms with Crippen LogP contribution in [0.1, 0.15) is 44.1 Å². The molecular weight excluding hydrogens is 216 g/mol. The molecule has 1 saturated heterocycles. The highest BCUT2D eigenvalue weighted by molar-refractivity contribution is 5.31. The van der Waals surface area contributed by atoms with Gasteiger partial charge in [-0.25, -0.2) is 0 Å². The number of aryl methyl sites for hydroxylation is 1. The zero-order chi connectivity index (χ0) is 12.4. The molecule has 4 heteroatoms. The van der Waals surface area contributed by atoms with E-state index in [0.29, 0.717) is 18.4 Å². The van der Waals surface area contributed by atoms with Crippen LogP contribution in [0.25, 0.3) is 0 Å². The van der Waals surface area contributed by atoms with Crippen LogP contribution in [-0.2, 0) is 0 Å². The lowest BCUT2D eigenvalue weighted by atomic mass is 9.98. The molecule has 0 atom stereocenters. The SMILES string of the molecule is Cc1oc(N2CCC(CO)CC2)nc1C(C)C. The molecule has 1 fully saturated rings. The molecule has 96 valence electrons. The van der Waals surface area contributed by atoms with Gasteiger partial charge in [0.1, 0.15) is 5.76 Å². The predicted octanol–water partition coefficient (Wildman–Crippen LogP) is 2.32. The number of hydrogen-bond acceptors (Lipinski definition) is 4. The minimum atomic E-state index is 0.301. The number of aliphatic hydroxyl groups excluding tert-OH is 1. The van der Waals surface area contributed by atoms with Crippen molar-refractivity contribution in [3.05, 3.63) is 11.5 Å². The molecule has 1 N–H and O–H groups in total. The highest BCUT2D eigenvalue weighted by Crippen LogP contribution is 2.27. The van der Waals surface area contributed by atoms with Crippen molar-refractivity contribution in [2.24, 2.45) is 5.92 Å². The number of rotatable bonds is 3. The molecule has 1 aliphatic rings. The van der Waals surface area contributed by atoms with Gasteiger partial charge in [-0.05, 0) is 31.6 Å². The van der Waals surface area contributed by atoms with Crippen molar-refractivity contribution in [3.8, 4) is 0 Å². The molecular formula is C13H22N2O2. The Balaban J connectivity index is 2.06. The van der Waals surface area contributed by atoms with E-state index in [9.17, 15) is 0 Å². The molecule has 2 rings (SSSR count). The molecule has 0 amide bonds. The van der Waals surface area contributed by atoms with Crippen LogP contribution in [0.5, 0.6) is 0 Å². The third-order valence-electron chi connectivity index (χ3n) is 3.51. The van der Waals surface area contributed by atoms with Crippen LogP contribution in [-0.4, -0.2) is 29.8 Å². The molecule has 4 nitrogen and oxygen atoms in total. The quantitative estimate of drug-likeness (QED) is 0.878. The molecule has 0 saturated carbocycles. The van der Waals surface area contributed by atoms with Crippen LogP contribution < -0.4 is 4.90 Å². The Bertz CT molecular complexity index is 365. The lowest BCUT2D eigenvalue weighted by Gasteiger charge is -2.29. The van der Waals surface area contributed by atoms with Crippen LogP contribution in [0.2, 0.25) is 0 Å². The average molecular weight is 238 g/mol. The fraction of sp³-hybridized carbons (Fsp3) is 0.769. The van der Waals surface area contributed by atoms with Crippen molar-refractivity contribution < 1.29 is 9.52 Å². The van der Waals surface area contributed by atoms with E-state index in [1.54, 1.807) is 0 Å². The van der Waals surface area contributed by atoms with E-state index in [-0.39, 0.29) is 0 Å². The van der Waals surface area contributed by atoms with E-state index in [0.717, 1.165) is 43.4 Å². The van der Waals surface area contributed by atoms with E-state index in [2.05, 4.69) is 23.7 Å². The van der Waals surface area contributed by atoms with Gasteiger partial charge in [0.15, 0.2) is 0 Å². The predicted molar refractivity (Wildman–Crippen MR) is 67.4 cm³/mol. The number of aromatic nitrogens is 1. The first-order valence-corrected chi connectivity index (χ1v) is 6.45. The second kappa shape index (κ2) is 5.08. The largest absolute Gasteiger partial charge is 0.429 e. The van der Waals surface area contributed by atoms with E-state index in [4.69, 9.17) is 9.52 Å². The van der Waals surface area contributed by atoms with Crippen LogP contribution >= 0.6 is 0 Å². The van der Waals surface area contributed by atoms with Crippen LogP contribution in [0.4, 0.5) is 6.01 Å². The summed E-state index contributed by atoms with van der Waals surface area (Å²) in [4.78, 5) is 6.77. The summed E-state index contributed by atoms with van der Waals surface area (Å²) in [5.74, 6) is 1.79. The van der Waals surface area contributed by atoms with Gasteiger partial charge in [-0.15, -0.1) is 0 Å².